The summed E-state index contributed by atoms with van der Waals surface area (Å²) < 4.78 is 1.36. The highest BCUT2D eigenvalue weighted by atomic mass is 79.9. The Bertz CT molecular complexity index is 416. The van der Waals surface area contributed by atoms with Gasteiger partial charge in [-0.15, -0.1) is 11.3 Å². The molecule has 19 heavy (non-hydrogen) atoms. The zero-order chi connectivity index (χ0) is 14.3. The van der Waals surface area contributed by atoms with Crippen molar-refractivity contribution in [3.63, 3.8) is 0 Å². The third-order valence-corrected chi connectivity index (χ3v) is 5.46. The zero-order valence-corrected chi connectivity index (χ0v) is 15.1. The van der Waals surface area contributed by atoms with E-state index in [1.165, 1.54) is 4.88 Å². The van der Waals surface area contributed by atoms with Gasteiger partial charge < -0.3 is 10.6 Å². The lowest BCUT2D eigenvalue weighted by atomic mass is 10.2. The zero-order valence-electron chi connectivity index (χ0n) is 11.9. The van der Waals surface area contributed by atoms with E-state index in [-0.39, 0.29) is 4.75 Å². The fourth-order valence-electron chi connectivity index (χ4n) is 1.30. The quantitative estimate of drug-likeness (QED) is 0.597. The van der Waals surface area contributed by atoms with Gasteiger partial charge in [-0.2, -0.15) is 11.8 Å². The third kappa shape index (κ3) is 6.68. The molecule has 0 fully saturated rings. The second-order valence-corrected chi connectivity index (χ2v) is 8.78. The molecule has 0 spiro atoms. The number of guanidine groups is 1. The summed E-state index contributed by atoms with van der Waals surface area (Å²) in [4.78, 5) is 5.87. The summed E-state index contributed by atoms with van der Waals surface area (Å²) in [5, 5.41) is 6.68. The third-order valence-electron chi connectivity index (χ3n) is 2.60. The highest BCUT2D eigenvalue weighted by Crippen LogP contribution is 2.22. The van der Waals surface area contributed by atoms with E-state index in [1.54, 1.807) is 11.3 Å². The van der Waals surface area contributed by atoms with E-state index in [0.717, 1.165) is 22.8 Å². The Morgan fingerprint density at radius 2 is 2.16 bits per heavy atom. The first kappa shape index (κ1) is 16.9. The number of thiophene rings is 1. The van der Waals surface area contributed by atoms with Gasteiger partial charge in [0.2, 0.25) is 0 Å². The van der Waals surface area contributed by atoms with Crippen molar-refractivity contribution in [2.75, 3.05) is 19.3 Å². The molecule has 1 rings (SSSR count). The van der Waals surface area contributed by atoms with Gasteiger partial charge in [-0.3, -0.25) is 0 Å². The minimum absolute atomic E-state index is 0.210. The highest BCUT2D eigenvalue weighted by Gasteiger charge is 2.16. The summed E-state index contributed by atoms with van der Waals surface area (Å²) in [5.41, 5.74) is 0. The minimum Gasteiger partial charge on any atom is -0.357 e. The van der Waals surface area contributed by atoms with Gasteiger partial charge in [-0.1, -0.05) is 0 Å². The molecule has 108 valence electrons. The van der Waals surface area contributed by atoms with Crippen molar-refractivity contribution >= 4 is 45.0 Å². The van der Waals surface area contributed by atoms with Crippen molar-refractivity contribution in [2.24, 2.45) is 4.99 Å². The minimum atomic E-state index is 0.210. The Kier molecular flexibility index (Phi) is 7.25. The van der Waals surface area contributed by atoms with E-state index >= 15 is 0 Å². The lowest BCUT2D eigenvalue weighted by Crippen LogP contribution is -2.43. The number of hydrogen-bond donors (Lipinski definition) is 2. The van der Waals surface area contributed by atoms with E-state index in [1.807, 2.05) is 11.8 Å². The Morgan fingerprint density at radius 1 is 1.42 bits per heavy atom. The monoisotopic (exact) mass is 363 g/mol. The van der Waals surface area contributed by atoms with Crippen LogP contribution in [0.4, 0.5) is 0 Å². The molecule has 6 heteroatoms. The van der Waals surface area contributed by atoms with Gasteiger partial charge in [0.25, 0.3) is 0 Å². The molecule has 2 N–H and O–H groups in total. The summed E-state index contributed by atoms with van der Waals surface area (Å²) in [6, 6.07) is 4.17. The fraction of sp³-hybridized carbons (Fsp3) is 0.615. The molecule has 0 unspecified atom stereocenters. The van der Waals surface area contributed by atoms with Gasteiger partial charge in [0.15, 0.2) is 5.96 Å². The average Bonchev–Trinajstić information content (AvgIpc) is 2.79. The smallest absolute Gasteiger partial charge is 0.191 e. The predicted octanol–water partition coefficient (Wildman–Crippen LogP) is 3.71. The Labute approximate surface area is 132 Å². The second kappa shape index (κ2) is 8.17. The number of halogens is 1. The van der Waals surface area contributed by atoms with Crippen molar-refractivity contribution in [1.29, 1.82) is 0 Å². The molecule has 1 heterocycles. The van der Waals surface area contributed by atoms with Gasteiger partial charge in [-0.05, 0) is 55.1 Å². The molecule has 3 nitrogen and oxygen atoms in total. The summed E-state index contributed by atoms with van der Waals surface area (Å²) in [7, 11) is 0. The van der Waals surface area contributed by atoms with Gasteiger partial charge in [0.05, 0.1) is 10.3 Å². The maximum Gasteiger partial charge on any atom is 0.191 e. The van der Waals surface area contributed by atoms with Crippen LogP contribution in [0.3, 0.4) is 0 Å². The van der Waals surface area contributed by atoms with Crippen LogP contribution in [0.5, 0.6) is 0 Å². The molecule has 0 radical (unpaired) electrons. The van der Waals surface area contributed by atoms with Crippen LogP contribution in [0.2, 0.25) is 0 Å². The first-order chi connectivity index (χ1) is 8.96. The number of thioether (sulfide) groups is 1. The molecular weight excluding hydrogens is 342 g/mol. The predicted molar refractivity (Wildman–Crippen MR) is 92.4 cm³/mol. The van der Waals surface area contributed by atoms with E-state index in [0.29, 0.717) is 6.54 Å². The lowest BCUT2D eigenvalue weighted by molar-refractivity contribution is 0.665. The van der Waals surface area contributed by atoms with Gasteiger partial charge in [0, 0.05) is 22.7 Å². The number of nitrogens with zero attached hydrogens (tertiary/aromatic N) is 1. The molecule has 1 aromatic rings. The van der Waals surface area contributed by atoms with Crippen molar-refractivity contribution < 1.29 is 0 Å². The van der Waals surface area contributed by atoms with Crippen molar-refractivity contribution in [2.45, 2.75) is 32.1 Å². The topological polar surface area (TPSA) is 36.4 Å². The summed E-state index contributed by atoms with van der Waals surface area (Å²) >= 11 is 7.05. The molecule has 0 aromatic carbocycles. The molecule has 0 amide bonds. The number of rotatable bonds is 6. The largest absolute Gasteiger partial charge is 0.357 e. The molecule has 0 atom stereocenters. The van der Waals surface area contributed by atoms with Crippen molar-refractivity contribution in [3.05, 3.63) is 20.8 Å². The standard InChI is InChI=1S/C13H22BrN3S2/c1-5-15-12(17-9-13(2,3)18-4)16-8-10-6-7-11(14)19-10/h6-7H,5,8-9H2,1-4H3,(H2,15,16,17). The van der Waals surface area contributed by atoms with Crippen LogP contribution in [0.1, 0.15) is 25.6 Å². The first-order valence-corrected chi connectivity index (χ1v) is 9.12. The number of aliphatic imine (C=N–C) groups is 1. The van der Waals surface area contributed by atoms with Crippen LogP contribution in [0.15, 0.2) is 20.9 Å². The van der Waals surface area contributed by atoms with Crippen LogP contribution in [-0.2, 0) is 6.54 Å². The van der Waals surface area contributed by atoms with Crippen LogP contribution in [0.25, 0.3) is 0 Å². The summed E-state index contributed by atoms with van der Waals surface area (Å²) in [6.45, 7) is 9.02. The van der Waals surface area contributed by atoms with Crippen molar-refractivity contribution in [3.8, 4) is 0 Å². The molecule has 0 saturated heterocycles. The van der Waals surface area contributed by atoms with Gasteiger partial charge in [-0.25, -0.2) is 4.99 Å². The molecule has 0 aliphatic rings. The second-order valence-electron chi connectivity index (χ2n) is 4.72. The molecule has 0 bridgehead atoms. The molecule has 0 aliphatic carbocycles. The maximum absolute atomic E-state index is 4.61. The summed E-state index contributed by atoms with van der Waals surface area (Å²) in [6.07, 6.45) is 2.13. The average molecular weight is 364 g/mol. The molecular formula is C13H22BrN3S2. The number of nitrogens with one attached hydrogen (secondary N) is 2. The van der Waals surface area contributed by atoms with Crippen molar-refractivity contribution in [1.82, 2.24) is 10.6 Å². The molecule has 1 aromatic heterocycles. The van der Waals surface area contributed by atoms with Crippen LogP contribution in [-0.4, -0.2) is 30.1 Å². The molecule has 0 saturated carbocycles. The highest BCUT2D eigenvalue weighted by molar-refractivity contribution is 9.11. The SMILES string of the molecule is CCNC(=NCc1ccc(Br)s1)NCC(C)(C)SC. The fourth-order valence-corrected chi connectivity index (χ4v) is 2.93. The Balaban J connectivity index is 2.56. The molecule has 0 aliphatic heterocycles. The van der Waals surface area contributed by atoms with E-state index in [9.17, 15) is 0 Å². The first-order valence-electron chi connectivity index (χ1n) is 6.28. The van der Waals surface area contributed by atoms with Gasteiger partial charge >= 0.3 is 0 Å². The lowest BCUT2D eigenvalue weighted by Gasteiger charge is -2.23. The van der Waals surface area contributed by atoms with Crippen LogP contribution in [0, 0.1) is 0 Å². The Morgan fingerprint density at radius 3 is 2.68 bits per heavy atom. The normalized spacial score (nSPS) is 12.6. The van der Waals surface area contributed by atoms with Gasteiger partial charge in [0.1, 0.15) is 0 Å². The van der Waals surface area contributed by atoms with Crippen LogP contribution < -0.4 is 10.6 Å². The van der Waals surface area contributed by atoms with E-state index < -0.39 is 0 Å². The Hall–Kier alpha value is -0.200. The van der Waals surface area contributed by atoms with E-state index in [2.05, 4.69) is 70.7 Å². The maximum atomic E-state index is 4.61. The van der Waals surface area contributed by atoms with E-state index in [4.69, 9.17) is 0 Å². The number of hydrogen-bond acceptors (Lipinski definition) is 3. The van der Waals surface area contributed by atoms with Crippen LogP contribution >= 0.6 is 39.0 Å². The summed E-state index contributed by atoms with van der Waals surface area (Å²) in [5.74, 6) is 0.883.